The first kappa shape index (κ1) is 8.98. The van der Waals surface area contributed by atoms with Crippen molar-refractivity contribution in [3.05, 3.63) is 29.3 Å². The summed E-state index contributed by atoms with van der Waals surface area (Å²) in [4.78, 5) is 0. The van der Waals surface area contributed by atoms with E-state index in [0.29, 0.717) is 0 Å². The van der Waals surface area contributed by atoms with Crippen molar-refractivity contribution in [1.29, 1.82) is 0 Å². The molecule has 2 heteroatoms. The fraction of sp³-hybridized carbons (Fsp3) is 0.250. The zero-order valence-corrected chi connectivity index (χ0v) is 6.52. The molecule has 0 aromatic heterocycles. The number of hydrogen-bond acceptors (Lipinski definition) is 2. The summed E-state index contributed by atoms with van der Waals surface area (Å²) >= 11 is 0. The van der Waals surface area contributed by atoms with Gasteiger partial charge in [-0.25, -0.2) is 0 Å². The van der Waals surface area contributed by atoms with Gasteiger partial charge in [-0.15, -0.1) is 0 Å². The lowest BCUT2D eigenvalue weighted by atomic mass is 10.1. The van der Waals surface area contributed by atoms with Gasteiger partial charge in [0.15, 0.2) is 0 Å². The van der Waals surface area contributed by atoms with Gasteiger partial charge in [-0.05, 0) is 37.1 Å². The number of aryl methyl sites for hydroxylation is 2. The Balaban J connectivity index is 0.000000810. The highest BCUT2D eigenvalue weighted by atomic mass is 14.5. The van der Waals surface area contributed by atoms with Crippen LogP contribution in [0.2, 0.25) is 0 Å². The molecule has 0 aliphatic heterocycles. The fourth-order valence-corrected chi connectivity index (χ4v) is 1.01. The second-order valence-corrected chi connectivity index (χ2v) is 2.42. The summed E-state index contributed by atoms with van der Waals surface area (Å²) < 4.78 is 0. The summed E-state index contributed by atoms with van der Waals surface area (Å²) in [5.41, 5.74) is 8.87. The standard InChI is InChI=1S/C8H11N.H3N/c1-6-3-7(2)5-8(9)4-6;/h3-5H,9H2,1-2H3;1H3. The molecule has 0 fully saturated rings. The van der Waals surface area contributed by atoms with E-state index in [0.717, 1.165) is 5.69 Å². The Morgan fingerprint density at radius 1 is 1.00 bits per heavy atom. The smallest absolute Gasteiger partial charge is 0.0319 e. The lowest BCUT2D eigenvalue weighted by molar-refractivity contribution is 1.39. The third-order valence-corrected chi connectivity index (χ3v) is 1.24. The van der Waals surface area contributed by atoms with E-state index in [1.165, 1.54) is 11.1 Å². The predicted molar refractivity (Wildman–Crippen MR) is 45.4 cm³/mol. The average Bonchev–Trinajstić information content (AvgIpc) is 1.59. The maximum atomic E-state index is 5.56. The lowest BCUT2D eigenvalue weighted by Gasteiger charge is -1.97. The molecule has 5 N–H and O–H groups in total. The van der Waals surface area contributed by atoms with Crippen LogP contribution in [-0.2, 0) is 0 Å². The first-order valence-corrected chi connectivity index (χ1v) is 3.02. The van der Waals surface area contributed by atoms with E-state index in [2.05, 4.69) is 6.07 Å². The lowest BCUT2D eigenvalue weighted by Crippen LogP contribution is -1.86. The first-order chi connectivity index (χ1) is 4.18. The monoisotopic (exact) mass is 138 g/mol. The van der Waals surface area contributed by atoms with E-state index >= 15 is 0 Å². The minimum atomic E-state index is 0. The van der Waals surface area contributed by atoms with E-state index in [-0.39, 0.29) is 6.15 Å². The highest BCUT2D eigenvalue weighted by molar-refractivity contribution is 5.43. The van der Waals surface area contributed by atoms with E-state index < -0.39 is 0 Å². The molecule has 1 rings (SSSR count). The van der Waals surface area contributed by atoms with Crippen molar-refractivity contribution in [2.75, 3.05) is 5.73 Å². The summed E-state index contributed by atoms with van der Waals surface area (Å²) in [7, 11) is 0. The summed E-state index contributed by atoms with van der Waals surface area (Å²) in [6, 6.07) is 6.04. The molecule has 0 unspecified atom stereocenters. The van der Waals surface area contributed by atoms with Crippen LogP contribution in [-0.4, -0.2) is 0 Å². The number of nitrogen functional groups attached to an aromatic ring is 1. The van der Waals surface area contributed by atoms with Gasteiger partial charge in [0.2, 0.25) is 0 Å². The van der Waals surface area contributed by atoms with Gasteiger partial charge < -0.3 is 11.9 Å². The van der Waals surface area contributed by atoms with Crippen LogP contribution in [0.25, 0.3) is 0 Å². The molecular weight excluding hydrogens is 124 g/mol. The molecule has 56 valence electrons. The van der Waals surface area contributed by atoms with E-state index in [9.17, 15) is 0 Å². The Hall–Kier alpha value is -1.02. The van der Waals surface area contributed by atoms with Gasteiger partial charge in [-0.2, -0.15) is 0 Å². The molecule has 0 atom stereocenters. The fourth-order valence-electron chi connectivity index (χ4n) is 1.01. The highest BCUT2D eigenvalue weighted by Gasteiger charge is 1.87. The highest BCUT2D eigenvalue weighted by Crippen LogP contribution is 2.08. The normalized spacial score (nSPS) is 8.60. The molecule has 0 saturated carbocycles. The number of anilines is 1. The topological polar surface area (TPSA) is 61.0 Å². The third-order valence-electron chi connectivity index (χ3n) is 1.24. The van der Waals surface area contributed by atoms with E-state index in [4.69, 9.17) is 5.73 Å². The van der Waals surface area contributed by atoms with E-state index in [1.54, 1.807) is 0 Å². The molecule has 10 heavy (non-hydrogen) atoms. The molecule has 0 radical (unpaired) electrons. The second-order valence-electron chi connectivity index (χ2n) is 2.42. The van der Waals surface area contributed by atoms with Crippen molar-refractivity contribution >= 4 is 5.69 Å². The summed E-state index contributed by atoms with van der Waals surface area (Å²) in [5.74, 6) is 0. The van der Waals surface area contributed by atoms with Crippen LogP contribution in [0.5, 0.6) is 0 Å². The van der Waals surface area contributed by atoms with Crippen LogP contribution in [0, 0.1) is 13.8 Å². The molecule has 1 aromatic rings. The molecule has 0 heterocycles. The first-order valence-electron chi connectivity index (χ1n) is 3.02. The maximum absolute atomic E-state index is 5.56. The SMILES string of the molecule is Cc1cc(C)cc(N)c1.N. The Kier molecular flexibility index (Phi) is 2.90. The Labute approximate surface area is 61.6 Å². The molecular formula is C8H14N2. The van der Waals surface area contributed by atoms with Crippen LogP contribution in [0.3, 0.4) is 0 Å². The summed E-state index contributed by atoms with van der Waals surface area (Å²) in [5, 5.41) is 0. The molecule has 0 bridgehead atoms. The Bertz CT molecular complexity index is 168. The zero-order chi connectivity index (χ0) is 6.85. The molecule has 0 spiro atoms. The van der Waals surface area contributed by atoms with Crippen LogP contribution in [0.1, 0.15) is 11.1 Å². The van der Waals surface area contributed by atoms with Crippen molar-refractivity contribution in [3.63, 3.8) is 0 Å². The molecule has 0 amide bonds. The van der Waals surface area contributed by atoms with Crippen LogP contribution < -0.4 is 11.9 Å². The number of benzene rings is 1. The molecule has 0 aliphatic rings. The number of hydrogen-bond donors (Lipinski definition) is 2. The minimum absolute atomic E-state index is 0. The van der Waals surface area contributed by atoms with Crippen molar-refractivity contribution < 1.29 is 0 Å². The van der Waals surface area contributed by atoms with E-state index in [1.807, 2.05) is 26.0 Å². The number of rotatable bonds is 0. The summed E-state index contributed by atoms with van der Waals surface area (Å²) in [6.45, 7) is 4.09. The molecule has 0 saturated heterocycles. The Morgan fingerprint density at radius 3 is 1.70 bits per heavy atom. The largest absolute Gasteiger partial charge is 0.399 e. The second kappa shape index (κ2) is 3.22. The number of nitrogens with two attached hydrogens (primary N) is 1. The van der Waals surface area contributed by atoms with Gasteiger partial charge in [0.1, 0.15) is 0 Å². The summed E-state index contributed by atoms with van der Waals surface area (Å²) in [6.07, 6.45) is 0. The van der Waals surface area contributed by atoms with Crippen LogP contribution in [0.15, 0.2) is 18.2 Å². The van der Waals surface area contributed by atoms with Crippen molar-refractivity contribution in [1.82, 2.24) is 6.15 Å². The van der Waals surface area contributed by atoms with Gasteiger partial charge in [-0.1, -0.05) is 6.07 Å². The van der Waals surface area contributed by atoms with Crippen molar-refractivity contribution in [3.8, 4) is 0 Å². The molecule has 0 aliphatic carbocycles. The van der Waals surface area contributed by atoms with Gasteiger partial charge in [0.05, 0.1) is 0 Å². The molecule has 1 aromatic carbocycles. The predicted octanol–water partition coefficient (Wildman–Crippen LogP) is 2.05. The zero-order valence-electron chi connectivity index (χ0n) is 6.52. The van der Waals surface area contributed by atoms with Gasteiger partial charge in [0, 0.05) is 5.69 Å². The molecule has 2 nitrogen and oxygen atoms in total. The van der Waals surface area contributed by atoms with Crippen LogP contribution in [0.4, 0.5) is 5.69 Å². The van der Waals surface area contributed by atoms with Gasteiger partial charge in [0.25, 0.3) is 0 Å². The van der Waals surface area contributed by atoms with Crippen molar-refractivity contribution in [2.24, 2.45) is 0 Å². The third kappa shape index (κ3) is 2.07. The quantitative estimate of drug-likeness (QED) is 0.539. The maximum Gasteiger partial charge on any atom is 0.0319 e. The minimum Gasteiger partial charge on any atom is -0.399 e. The van der Waals surface area contributed by atoms with Gasteiger partial charge in [-0.3, -0.25) is 0 Å². The Morgan fingerprint density at radius 2 is 1.40 bits per heavy atom. The van der Waals surface area contributed by atoms with Crippen molar-refractivity contribution in [2.45, 2.75) is 13.8 Å². The van der Waals surface area contributed by atoms with Crippen LogP contribution >= 0.6 is 0 Å². The van der Waals surface area contributed by atoms with Gasteiger partial charge >= 0.3 is 0 Å². The average molecular weight is 138 g/mol.